The largest absolute Gasteiger partial charge is 0.418 e. The molecule has 1 aliphatic heterocycles. The van der Waals surface area contributed by atoms with Crippen LogP contribution in [0.15, 0.2) is 86.4 Å². The van der Waals surface area contributed by atoms with Crippen LogP contribution in [0.3, 0.4) is 0 Å². The topological polar surface area (TPSA) is 66.7 Å². The van der Waals surface area contributed by atoms with Gasteiger partial charge in [-0.1, -0.05) is 48.0 Å². The lowest BCUT2D eigenvalue weighted by Gasteiger charge is -2.34. The van der Waals surface area contributed by atoms with Gasteiger partial charge in [-0.15, -0.1) is 11.3 Å². The highest BCUT2D eigenvalue weighted by molar-refractivity contribution is 7.91. The van der Waals surface area contributed by atoms with E-state index in [1.807, 2.05) is 40.6 Å². The first-order valence-electron chi connectivity index (χ1n) is 10.6. The van der Waals surface area contributed by atoms with E-state index in [4.69, 9.17) is 16.0 Å². The van der Waals surface area contributed by atoms with Crippen LogP contribution in [0.2, 0.25) is 5.02 Å². The van der Waals surface area contributed by atoms with E-state index < -0.39 is 9.84 Å². The highest BCUT2D eigenvalue weighted by Crippen LogP contribution is 2.36. The van der Waals surface area contributed by atoms with Crippen molar-refractivity contribution in [1.82, 2.24) is 9.88 Å². The summed E-state index contributed by atoms with van der Waals surface area (Å²) in [6.07, 6.45) is 0. The molecule has 33 heavy (non-hydrogen) atoms. The van der Waals surface area contributed by atoms with E-state index in [1.165, 1.54) is 29.0 Å². The Morgan fingerprint density at radius 3 is 2.33 bits per heavy atom. The zero-order chi connectivity index (χ0) is 22.8. The molecule has 170 valence electrons. The summed E-state index contributed by atoms with van der Waals surface area (Å²) in [6.45, 7) is 3.75. The number of hydrogen-bond acceptors (Lipinski definition) is 7. The van der Waals surface area contributed by atoms with Crippen molar-refractivity contribution in [3.05, 3.63) is 82.7 Å². The average molecular weight is 500 g/mol. The third-order valence-corrected chi connectivity index (χ3v) is 8.38. The minimum atomic E-state index is -3.88. The molecule has 0 radical (unpaired) electrons. The van der Waals surface area contributed by atoms with Crippen LogP contribution in [0.25, 0.3) is 10.8 Å². The fourth-order valence-electron chi connectivity index (χ4n) is 3.85. The molecule has 0 N–H and O–H groups in total. The highest BCUT2D eigenvalue weighted by Gasteiger charge is 2.33. The van der Waals surface area contributed by atoms with Gasteiger partial charge >= 0.3 is 0 Å². The fourth-order valence-corrected chi connectivity index (χ4v) is 5.95. The summed E-state index contributed by atoms with van der Waals surface area (Å²) < 4.78 is 33.1. The molecule has 2 aromatic carbocycles. The third kappa shape index (κ3) is 4.70. The Hall–Kier alpha value is -2.65. The van der Waals surface area contributed by atoms with Gasteiger partial charge in [0, 0.05) is 37.7 Å². The molecule has 0 bridgehead atoms. The second-order valence-corrected chi connectivity index (χ2v) is 11.1. The van der Waals surface area contributed by atoms with Crippen LogP contribution in [0.1, 0.15) is 5.56 Å². The number of nitrogens with zero attached hydrogens (tertiary/aromatic N) is 3. The van der Waals surface area contributed by atoms with Crippen molar-refractivity contribution in [2.45, 2.75) is 16.5 Å². The molecule has 0 amide bonds. The van der Waals surface area contributed by atoms with E-state index in [1.54, 1.807) is 12.1 Å². The van der Waals surface area contributed by atoms with Crippen molar-refractivity contribution >= 4 is 38.7 Å². The van der Waals surface area contributed by atoms with Gasteiger partial charge in [-0.3, -0.25) is 4.90 Å². The summed E-state index contributed by atoms with van der Waals surface area (Å²) in [7, 11) is -3.88. The van der Waals surface area contributed by atoms with Gasteiger partial charge in [0.15, 0.2) is 0 Å². The number of piperazine rings is 1. The molecule has 2 aromatic heterocycles. The molecule has 0 unspecified atom stereocenters. The third-order valence-electron chi connectivity index (χ3n) is 5.60. The average Bonchev–Trinajstić information content (AvgIpc) is 3.51. The highest BCUT2D eigenvalue weighted by atomic mass is 35.5. The quantitative estimate of drug-likeness (QED) is 0.363. The normalized spacial score (nSPS) is 15.1. The van der Waals surface area contributed by atoms with Gasteiger partial charge in [0.05, 0.1) is 9.77 Å². The van der Waals surface area contributed by atoms with E-state index in [0.29, 0.717) is 29.9 Å². The van der Waals surface area contributed by atoms with E-state index in [2.05, 4.69) is 22.0 Å². The number of oxazole rings is 1. The number of halogens is 1. The Balaban J connectivity index is 1.44. The molecular formula is C24H22ClN3O3S2. The maximum Gasteiger partial charge on any atom is 0.240 e. The minimum absolute atomic E-state index is 0.0512. The Morgan fingerprint density at radius 1 is 0.939 bits per heavy atom. The molecule has 6 nitrogen and oxygen atoms in total. The van der Waals surface area contributed by atoms with Crippen LogP contribution >= 0.6 is 22.9 Å². The smallest absolute Gasteiger partial charge is 0.240 e. The van der Waals surface area contributed by atoms with Gasteiger partial charge in [0.2, 0.25) is 26.6 Å². The Bertz CT molecular complexity index is 1310. The van der Waals surface area contributed by atoms with Crippen LogP contribution in [-0.4, -0.2) is 44.5 Å². The van der Waals surface area contributed by atoms with Crippen LogP contribution in [0.5, 0.6) is 0 Å². The molecule has 9 heteroatoms. The van der Waals surface area contributed by atoms with E-state index in [0.717, 1.165) is 24.5 Å². The number of hydrogen-bond donors (Lipinski definition) is 0. The first kappa shape index (κ1) is 22.2. The van der Waals surface area contributed by atoms with Crippen LogP contribution in [0, 0.1) is 0 Å². The van der Waals surface area contributed by atoms with Gasteiger partial charge in [0.1, 0.15) is 0 Å². The van der Waals surface area contributed by atoms with Crippen LogP contribution in [-0.2, 0) is 16.4 Å². The lowest BCUT2D eigenvalue weighted by atomic mass is 10.2. The van der Waals surface area contributed by atoms with Crippen LogP contribution < -0.4 is 4.90 Å². The second kappa shape index (κ2) is 9.30. The summed E-state index contributed by atoms with van der Waals surface area (Å²) in [4.78, 5) is 9.72. The van der Waals surface area contributed by atoms with Gasteiger partial charge < -0.3 is 9.32 Å². The molecule has 1 fully saturated rings. The monoisotopic (exact) mass is 499 g/mol. The van der Waals surface area contributed by atoms with Gasteiger partial charge in [-0.2, -0.15) is 4.98 Å². The molecule has 5 rings (SSSR count). The molecule has 4 aromatic rings. The second-order valence-electron chi connectivity index (χ2n) is 7.81. The van der Waals surface area contributed by atoms with E-state index in [-0.39, 0.29) is 9.92 Å². The van der Waals surface area contributed by atoms with E-state index in [9.17, 15) is 8.42 Å². The van der Waals surface area contributed by atoms with Crippen molar-refractivity contribution in [3.63, 3.8) is 0 Å². The maximum absolute atomic E-state index is 13.5. The first-order chi connectivity index (χ1) is 16.0. The molecule has 0 saturated carbocycles. The molecule has 0 spiro atoms. The van der Waals surface area contributed by atoms with Crippen molar-refractivity contribution < 1.29 is 12.8 Å². The SMILES string of the molecule is O=S(=O)(c1ccc(Cl)cc1)c1nc(-c2cccs2)oc1N1CCN(Cc2ccccc2)CC1. The van der Waals surface area contributed by atoms with Crippen molar-refractivity contribution in [2.24, 2.45) is 0 Å². The fraction of sp³-hybridized carbons (Fsp3) is 0.208. The zero-order valence-electron chi connectivity index (χ0n) is 17.7. The molecular weight excluding hydrogens is 478 g/mol. The first-order valence-corrected chi connectivity index (χ1v) is 13.3. The zero-order valence-corrected chi connectivity index (χ0v) is 20.1. The number of anilines is 1. The number of sulfone groups is 1. The summed E-state index contributed by atoms with van der Waals surface area (Å²) in [5.41, 5.74) is 1.26. The molecule has 0 atom stereocenters. The number of benzene rings is 2. The minimum Gasteiger partial charge on any atom is -0.418 e. The summed E-state index contributed by atoms with van der Waals surface area (Å²) >= 11 is 7.42. The predicted octanol–water partition coefficient (Wildman–Crippen LogP) is 5.21. The molecule has 1 saturated heterocycles. The predicted molar refractivity (Wildman–Crippen MR) is 131 cm³/mol. The van der Waals surface area contributed by atoms with Gasteiger partial charge in [0.25, 0.3) is 0 Å². The number of aromatic nitrogens is 1. The van der Waals surface area contributed by atoms with Crippen LogP contribution in [0.4, 0.5) is 5.88 Å². The maximum atomic E-state index is 13.5. The summed E-state index contributed by atoms with van der Waals surface area (Å²) in [5, 5.41) is 2.34. The van der Waals surface area contributed by atoms with Gasteiger partial charge in [-0.25, -0.2) is 8.42 Å². The lowest BCUT2D eigenvalue weighted by Crippen LogP contribution is -2.46. The standard InChI is InChI=1S/C24H22ClN3O3S2/c25-19-8-10-20(11-9-19)33(29,30)23-24(31-22(26-23)21-7-4-16-32-21)28-14-12-27(13-15-28)17-18-5-2-1-3-6-18/h1-11,16H,12-15,17H2. The van der Waals surface area contributed by atoms with Gasteiger partial charge in [-0.05, 0) is 41.3 Å². The van der Waals surface area contributed by atoms with Crippen molar-refractivity contribution in [1.29, 1.82) is 0 Å². The lowest BCUT2D eigenvalue weighted by molar-refractivity contribution is 0.245. The molecule has 3 heterocycles. The Morgan fingerprint density at radius 2 is 1.67 bits per heavy atom. The Labute approximate surface area is 202 Å². The van der Waals surface area contributed by atoms with E-state index >= 15 is 0 Å². The number of thiophene rings is 1. The number of rotatable bonds is 6. The molecule has 1 aliphatic rings. The summed E-state index contributed by atoms with van der Waals surface area (Å²) in [6, 6.07) is 20.2. The van der Waals surface area contributed by atoms with Crippen molar-refractivity contribution in [3.8, 4) is 10.8 Å². The summed E-state index contributed by atoms with van der Waals surface area (Å²) in [5.74, 6) is 0.618. The van der Waals surface area contributed by atoms with Crippen molar-refractivity contribution in [2.75, 3.05) is 31.1 Å². The molecule has 0 aliphatic carbocycles. The Kier molecular flexibility index (Phi) is 6.25.